The second-order valence-electron chi connectivity index (χ2n) is 3.13. The monoisotopic (exact) mass is 237 g/mol. The van der Waals surface area contributed by atoms with Gasteiger partial charge in [-0.2, -0.15) is 0 Å². The van der Waals surface area contributed by atoms with Gasteiger partial charge in [-0.1, -0.05) is 23.5 Å². The van der Waals surface area contributed by atoms with E-state index in [0.29, 0.717) is 17.5 Å². The molecule has 0 aliphatic carbocycles. The van der Waals surface area contributed by atoms with Crippen molar-refractivity contribution in [3.8, 4) is 5.75 Å². The SMILES string of the molecule is Nc1nnc(COc2cccc(CO)c2)s1. The fourth-order valence-corrected chi connectivity index (χ4v) is 1.73. The largest absolute Gasteiger partial charge is 0.486 e. The third kappa shape index (κ3) is 2.68. The summed E-state index contributed by atoms with van der Waals surface area (Å²) in [5, 5.41) is 17.7. The number of aliphatic hydroxyl groups excluding tert-OH is 1. The molecule has 0 saturated heterocycles. The summed E-state index contributed by atoms with van der Waals surface area (Å²) in [6, 6.07) is 7.26. The molecule has 1 aromatic heterocycles. The molecule has 16 heavy (non-hydrogen) atoms. The zero-order valence-corrected chi connectivity index (χ0v) is 9.28. The smallest absolute Gasteiger partial charge is 0.203 e. The van der Waals surface area contributed by atoms with Crippen LogP contribution in [0.15, 0.2) is 24.3 Å². The molecule has 3 N–H and O–H groups in total. The lowest BCUT2D eigenvalue weighted by molar-refractivity contribution is 0.278. The van der Waals surface area contributed by atoms with Crippen LogP contribution in [-0.4, -0.2) is 15.3 Å². The third-order valence-corrected chi connectivity index (χ3v) is 2.65. The van der Waals surface area contributed by atoms with Crippen molar-refractivity contribution in [2.24, 2.45) is 0 Å². The molecule has 0 aliphatic rings. The minimum absolute atomic E-state index is 0.00293. The highest BCUT2D eigenvalue weighted by atomic mass is 32.1. The fourth-order valence-electron chi connectivity index (χ4n) is 1.20. The number of rotatable bonds is 4. The minimum Gasteiger partial charge on any atom is -0.486 e. The number of aromatic nitrogens is 2. The number of nitrogens with two attached hydrogens (primary N) is 1. The van der Waals surface area contributed by atoms with Crippen molar-refractivity contribution >= 4 is 16.5 Å². The molecule has 0 bridgehead atoms. The maximum atomic E-state index is 8.96. The van der Waals surface area contributed by atoms with Crippen molar-refractivity contribution in [1.82, 2.24) is 10.2 Å². The van der Waals surface area contributed by atoms with Gasteiger partial charge in [0, 0.05) is 0 Å². The highest BCUT2D eigenvalue weighted by Crippen LogP contribution is 2.17. The molecule has 0 radical (unpaired) electrons. The molecule has 0 saturated carbocycles. The van der Waals surface area contributed by atoms with Crippen LogP contribution in [0.3, 0.4) is 0 Å². The maximum Gasteiger partial charge on any atom is 0.203 e. The van der Waals surface area contributed by atoms with Gasteiger partial charge in [-0.3, -0.25) is 0 Å². The topological polar surface area (TPSA) is 81.3 Å². The molecule has 1 heterocycles. The van der Waals surface area contributed by atoms with Gasteiger partial charge in [-0.25, -0.2) is 0 Å². The quantitative estimate of drug-likeness (QED) is 0.834. The van der Waals surface area contributed by atoms with Gasteiger partial charge in [0.25, 0.3) is 0 Å². The van der Waals surface area contributed by atoms with Crippen LogP contribution in [-0.2, 0) is 13.2 Å². The molecular formula is C10H11N3O2S. The molecule has 84 valence electrons. The van der Waals surface area contributed by atoms with Crippen molar-refractivity contribution < 1.29 is 9.84 Å². The van der Waals surface area contributed by atoms with Gasteiger partial charge in [-0.15, -0.1) is 10.2 Å². The van der Waals surface area contributed by atoms with Gasteiger partial charge in [0.15, 0.2) is 5.01 Å². The number of ether oxygens (including phenoxy) is 1. The molecular weight excluding hydrogens is 226 g/mol. The summed E-state index contributed by atoms with van der Waals surface area (Å²) in [4.78, 5) is 0. The predicted molar refractivity (Wildman–Crippen MR) is 61.0 cm³/mol. The van der Waals surface area contributed by atoms with E-state index in [1.807, 2.05) is 18.2 Å². The summed E-state index contributed by atoms with van der Waals surface area (Å²) in [7, 11) is 0. The first-order valence-electron chi connectivity index (χ1n) is 4.68. The Balaban J connectivity index is 1.99. The van der Waals surface area contributed by atoms with Crippen molar-refractivity contribution in [2.45, 2.75) is 13.2 Å². The lowest BCUT2D eigenvalue weighted by Crippen LogP contribution is -1.95. The Labute approximate surface area is 96.5 Å². The molecule has 0 aliphatic heterocycles. The Morgan fingerprint density at radius 1 is 1.38 bits per heavy atom. The zero-order chi connectivity index (χ0) is 11.4. The zero-order valence-electron chi connectivity index (χ0n) is 8.46. The molecule has 2 rings (SSSR count). The summed E-state index contributed by atoms with van der Waals surface area (Å²) < 4.78 is 5.49. The molecule has 2 aromatic rings. The van der Waals surface area contributed by atoms with Crippen LogP contribution >= 0.6 is 11.3 Å². The average Bonchev–Trinajstić information content (AvgIpc) is 2.73. The van der Waals surface area contributed by atoms with Crippen LogP contribution < -0.4 is 10.5 Å². The number of nitrogens with zero attached hydrogens (tertiary/aromatic N) is 2. The first-order chi connectivity index (χ1) is 7.78. The number of benzene rings is 1. The van der Waals surface area contributed by atoms with Crippen molar-refractivity contribution in [2.75, 3.05) is 5.73 Å². The van der Waals surface area contributed by atoms with Gasteiger partial charge in [0.2, 0.25) is 5.13 Å². The van der Waals surface area contributed by atoms with Crippen LogP contribution in [0.5, 0.6) is 5.75 Å². The van der Waals surface area contributed by atoms with Crippen LogP contribution in [0.1, 0.15) is 10.6 Å². The van der Waals surface area contributed by atoms with E-state index in [2.05, 4.69) is 10.2 Å². The van der Waals surface area contributed by atoms with E-state index < -0.39 is 0 Å². The Morgan fingerprint density at radius 2 is 2.25 bits per heavy atom. The summed E-state index contributed by atoms with van der Waals surface area (Å²) in [6.07, 6.45) is 0. The first-order valence-corrected chi connectivity index (χ1v) is 5.50. The molecule has 0 spiro atoms. The van der Waals surface area contributed by atoms with Crippen LogP contribution in [0.2, 0.25) is 0 Å². The van der Waals surface area contributed by atoms with Gasteiger partial charge in [-0.05, 0) is 17.7 Å². The lowest BCUT2D eigenvalue weighted by atomic mass is 10.2. The summed E-state index contributed by atoms with van der Waals surface area (Å²) >= 11 is 1.30. The predicted octanol–water partition coefficient (Wildman–Crippen LogP) is 1.19. The van der Waals surface area contributed by atoms with E-state index in [1.54, 1.807) is 6.07 Å². The average molecular weight is 237 g/mol. The van der Waals surface area contributed by atoms with Gasteiger partial charge < -0.3 is 15.6 Å². The Kier molecular flexibility index (Phi) is 3.33. The molecule has 0 atom stereocenters. The van der Waals surface area contributed by atoms with E-state index in [0.717, 1.165) is 10.6 Å². The molecule has 1 aromatic carbocycles. The maximum absolute atomic E-state index is 8.96. The summed E-state index contributed by atoms with van der Waals surface area (Å²) in [5.74, 6) is 0.695. The fraction of sp³-hybridized carbons (Fsp3) is 0.200. The van der Waals surface area contributed by atoms with E-state index in [1.165, 1.54) is 11.3 Å². The summed E-state index contributed by atoms with van der Waals surface area (Å²) in [5.41, 5.74) is 6.26. The normalized spacial score (nSPS) is 10.3. The first kappa shape index (κ1) is 10.8. The van der Waals surface area contributed by atoms with Crippen molar-refractivity contribution in [3.05, 3.63) is 34.8 Å². The van der Waals surface area contributed by atoms with E-state index in [-0.39, 0.29) is 6.61 Å². The molecule has 0 fully saturated rings. The second-order valence-corrected chi connectivity index (χ2v) is 4.22. The van der Waals surface area contributed by atoms with Crippen molar-refractivity contribution in [1.29, 1.82) is 0 Å². The van der Waals surface area contributed by atoms with Crippen LogP contribution in [0, 0.1) is 0 Å². The molecule has 5 nitrogen and oxygen atoms in total. The van der Waals surface area contributed by atoms with E-state index in [4.69, 9.17) is 15.6 Å². The highest BCUT2D eigenvalue weighted by Gasteiger charge is 2.02. The van der Waals surface area contributed by atoms with Gasteiger partial charge in [0.1, 0.15) is 12.4 Å². The van der Waals surface area contributed by atoms with Gasteiger partial charge in [0.05, 0.1) is 6.61 Å². The number of hydrogen-bond donors (Lipinski definition) is 2. The van der Waals surface area contributed by atoms with E-state index in [9.17, 15) is 0 Å². The molecule has 0 amide bonds. The summed E-state index contributed by atoms with van der Waals surface area (Å²) in [6.45, 7) is 0.340. The van der Waals surface area contributed by atoms with Crippen LogP contribution in [0.25, 0.3) is 0 Å². The Hall–Kier alpha value is -1.66. The van der Waals surface area contributed by atoms with E-state index >= 15 is 0 Å². The van der Waals surface area contributed by atoms with Crippen molar-refractivity contribution in [3.63, 3.8) is 0 Å². The number of nitrogen functional groups attached to an aromatic ring is 1. The standard InChI is InChI=1S/C10H11N3O2S/c11-10-13-12-9(16-10)6-15-8-3-1-2-7(4-8)5-14/h1-4,14H,5-6H2,(H2,11,13). The Morgan fingerprint density at radius 3 is 2.94 bits per heavy atom. The number of aliphatic hydroxyl groups is 1. The van der Waals surface area contributed by atoms with Crippen LogP contribution in [0.4, 0.5) is 5.13 Å². The minimum atomic E-state index is 0.00293. The third-order valence-electron chi connectivity index (χ3n) is 1.93. The van der Waals surface area contributed by atoms with Gasteiger partial charge >= 0.3 is 0 Å². The lowest BCUT2D eigenvalue weighted by Gasteiger charge is -2.04. The number of anilines is 1. The molecule has 6 heteroatoms. The number of hydrogen-bond acceptors (Lipinski definition) is 6. The second kappa shape index (κ2) is 4.91. The molecule has 0 unspecified atom stereocenters. The Bertz CT molecular complexity index is 473. The highest BCUT2D eigenvalue weighted by molar-refractivity contribution is 7.15.